The van der Waals surface area contributed by atoms with E-state index in [2.05, 4.69) is 23.7 Å². The standard InChI is InChI=1S/C12H22N2O2/c1-4-6-13-12(15)10(3)14-7-8-16-11(5-2)9-14/h4,10-11H,1,5-9H2,2-3H3,(H,13,15)/t10-,11+/m0/s1. The smallest absolute Gasteiger partial charge is 0.237 e. The molecule has 1 heterocycles. The zero-order chi connectivity index (χ0) is 12.0. The summed E-state index contributed by atoms with van der Waals surface area (Å²) in [6.45, 7) is 10.6. The van der Waals surface area contributed by atoms with Crippen LogP contribution in [0.25, 0.3) is 0 Å². The highest BCUT2D eigenvalue weighted by atomic mass is 16.5. The SMILES string of the molecule is C=CCNC(=O)[C@H](C)N1CCO[C@H](CC)C1. The second-order valence-electron chi connectivity index (χ2n) is 4.11. The van der Waals surface area contributed by atoms with Crippen molar-refractivity contribution in [1.82, 2.24) is 10.2 Å². The minimum Gasteiger partial charge on any atom is -0.376 e. The Balaban J connectivity index is 2.42. The number of carbonyl (C=O) groups is 1. The molecule has 4 heteroatoms. The van der Waals surface area contributed by atoms with Gasteiger partial charge in [-0.05, 0) is 13.3 Å². The average molecular weight is 226 g/mol. The number of amides is 1. The van der Waals surface area contributed by atoms with Crippen LogP contribution in [-0.4, -0.2) is 49.2 Å². The van der Waals surface area contributed by atoms with E-state index >= 15 is 0 Å². The van der Waals surface area contributed by atoms with Crippen LogP contribution in [0.5, 0.6) is 0 Å². The van der Waals surface area contributed by atoms with Gasteiger partial charge in [0.2, 0.25) is 5.91 Å². The second-order valence-corrected chi connectivity index (χ2v) is 4.11. The normalized spacial score (nSPS) is 23.8. The third-order valence-electron chi connectivity index (χ3n) is 2.97. The van der Waals surface area contributed by atoms with Gasteiger partial charge in [-0.25, -0.2) is 0 Å². The molecular weight excluding hydrogens is 204 g/mol. The molecule has 1 aliphatic rings. The number of nitrogens with zero attached hydrogens (tertiary/aromatic N) is 1. The van der Waals surface area contributed by atoms with Crippen molar-refractivity contribution in [3.05, 3.63) is 12.7 Å². The lowest BCUT2D eigenvalue weighted by molar-refractivity contribution is -0.129. The van der Waals surface area contributed by atoms with E-state index in [4.69, 9.17) is 4.74 Å². The number of hydrogen-bond donors (Lipinski definition) is 1. The Hall–Kier alpha value is -0.870. The lowest BCUT2D eigenvalue weighted by atomic mass is 10.1. The van der Waals surface area contributed by atoms with E-state index in [-0.39, 0.29) is 18.1 Å². The summed E-state index contributed by atoms with van der Waals surface area (Å²) in [5.74, 6) is 0.0663. The van der Waals surface area contributed by atoms with Crippen LogP contribution in [0.3, 0.4) is 0 Å². The molecule has 92 valence electrons. The van der Waals surface area contributed by atoms with E-state index in [0.29, 0.717) is 6.54 Å². The van der Waals surface area contributed by atoms with Crippen LogP contribution < -0.4 is 5.32 Å². The molecular formula is C12H22N2O2. The van der Waals surface area contributed by atoms with Gasteiger partial charge >= 0.3 is 0 Å². The molecule has 1 fully saturated rings. The maximum Gasteiger partial charge on any atom is 0.237 e. The van der Waals surface area contributed by atoms with Crippen molar-refractivity contribution in [2.45, 2.75) is 32.4 Å². The largest absolute Gasteiger partial charge is 0.376 e. The van der Waals surface area contributed by atoms with Crippen LogP contribution in [0.2, 0.25) is 0 Å². The number of rotatable bonds is 5. The van der Waals surface area contributed by atoms with Crippen molar-refractivity contribution in [1.29, 1.82) is 0 Å². The van der Waals surface area contributed by atoms with Crippen LogP contribution in [0, 0.1) is 0 Å². The van der Waals surface area contributed by atoms with Crippen molar-refractivity contribution in [3.8, 4) is 0 Å². The van der Waals surface area contributed by atoms with Gasteiger partial charge in [0.15, 0.2) is 0 Å². The Morgan fingerprint density at radius 1 is 1.75 bits per heavy atom. The first-order chi connectivity index (χ1) is 7.69. The topological polar surface area (TPSA) is 41.6 Å². The van der Waals surface area contributed by atoms with Crippen LogP contribution >= 0.6 is 0 Å². The van der Waals surface area contributed by atoms with Gasteiger partial charge in [0.05, 0.1) is 18.8 Å². The molecule has 0 bridgehead atoms. The van der Waals surface area contributed by atoms with Crippen LogP contribution in [0.1, 0.15) is 20.3 Å². The number of carbonyl (C=O) groups excluding carboxylic acids is 1. The first kappa shape index (κ1) is 13.2. The molecule has 1 rings (SSSR count). The average Bonchev–Trinajstić information content (AvgIpc) is 2.35. The zero-order valence-electron chi connectivity index (χ0n) is 10.2. The van der Waals surface area contributed by atoms with Gasteiger partial charge in [-0.15, -0.1) is 6.58 Å². The summed E-state index contributed by atoms with van der Waals surface area (Å²) in [4.78, 5) is 13.9. The summed E-state index contributed by atoms with van der Waals surface area (Å²) >= 11 is 0. The predicted molar refractivity (Wildman–Crippen MR) is 64.3 cm³/mol. The molecule has 0 aromatic rings. The highest BCUT2D eigenvalue weighted by Crippen LogP contribution is 2.11. The van der Waals surface area contributed by atoms with Crippen molar-refractivity contribution in [2.24, 2.45) is 0 Å². The Morgan fingerprint density at radius 2 is 2.50 bits per heavy atom. The molecule has 1 saturated heterocycles. The molecule has 0 saturated carbocycles. The van der Waals surface area contributed by atoms with Crippen molar-refractivity contribution in [3.63, 3.8) is 0 Å². The van der Waals surface area contributed by atoms with Crippen LogP contribution in [0.4, 0.5) is 0 Å². The van der Waals surface area contributed by atoms with Crippen LogP contribution in [-0.2, 0) is 9.53 Å². The quantitative estimate of drug-likeness (QED) is 0.705. The van der Waals surface area contributed by atoms with Gasteiger partial charge < -0.3 is 10.1 Å². The minimum atomic E-state index is -0.0853. The maximum atomic E-state index is 11.8. The zero-order valence-corrected chi connectivity index (χ0v) is 10.2. The first-order valence-electron chi connectivity index (χ1n) is 5.93. The summed E-state index contributed by atoms with van der Waals surface area (Å²) in [5, 5.41) is 2.82. The van der Waals surface area contributed by atoms with E-state index in [1.165, 1.54) is 0 Å². The van der Waals surface area contributed by atoms with Crippen molar-refractivity contribution < 1.29 is 9.53 Å². The van der Waals surface area contributed by atoms with Crippen molar-refractivity contribution >= 4 is 5.91 Å². The molecule has 0 aromatic heterocycles. The molecule has 4 nitrogen and oxygen atoms in total. The van der Waals surface area contributed by atoms with Crippen LogP contribution in [0.15, 0.2) is 12.7 Å². The fraction of sp³-hybridized carbons (Fsp3) is 0.750. The third-order valence-corrected chi connectivity index (χ3v) is 2.97. The fourth-order valence-corrected chi connectivity index (χ4v) is 1.83. The monoisotopic (exact) mass is 226 g/mol. The fourth-order valence-electron chi connectivity index (χ4n) is 1.83. The number of ether oxygens (including phenoxy) is 1. The number of nitrogens with one attached hydrogen (secondary N) is 1. The Morgan fingerprint density at radius 3 is 3.12 bits per heavy atom. The van der Waals surface area contributed by atoms with Gasteiger partial charge in [-0.3, -0.25) is 9.69 Å². The summed E-state index contributed by atoms with van der Waals surface area (Å²) < 4.78 is 5.58. The molecule has 0 unspecified atom stereocenters. The van der Waals surface area contributed by atoms with Gasteiger partial charge in [0.1, 0.15) is 0 Å². The molecule has 1 N–H and O–H groups in total. The third kappa shape index (κ3) is 3.61. The Bertz CT molecular complexity index is 243. The summed E-state index contributed by atoms with van der Waals surface area (Å²) in [6, 6.07) is -0.0853. The van der Waals surface area contributed by atoms with E-state index in [1.807, 2.05) is 6.92 Å². The summed E-state index contributed by atoms with van der Waals surface area (Å²) in [7, 11) is 0. The van der Waals surface area contributed by atoms with E-state index in [0.717, 1.165) is 26.1 Å². The predicted octanol–water partition coefficient (Wildman–Crippen LogP) is 0.788. The van der Waals surface area contributed by atoms with Crippen molar-refractivity contribution in [2.75, 3.05) is 26.2 Å². The van der Waals surface area contributed by atoms with E-state index in [1.54, 1.807) is 6.08 Å². The lowest BCUT2D eigenvalue weighted by Crippen LogP contribution is -2.52. The minimum absolute atomic E-state index is 0.0663. The maximum absolute atomic E-state index is 11.8. The van der Waals surface area contributed by atoms with Gasteiger partial charge in [0.25, 0.3) is 0 Å². The molecule has 0 aromatic carbocycles. The molecule has 0 radical (unpaired) electrons. The first-order valence-corrected chi connectivity index (χ1v) is 5.93. The number of hydrogen-bond acceptors (Lipinski definition) is 3. The Labute approximate surface area is 97.6 Å². The molecule has 0 aliphatic carbocycles. The highest BCUT2D eigenvalue weighted by molar-refractivity contribution is 5.81. The summed E-state index contributed by atoms with van der Waals surface area (Å²) in [5.41, 5.74) is 0. The molecule has 1 amide bonds. The molecule has 2 atom stereocenters. The molecule has 16 heavy (non-hydrogen) atoms. The van der Waals surface area contributed by atoms with E-state index in [9.17, 15) is 4.79 Å². The van der Waals surface area contributed by atoms with Gasteiger partial charge in [0, 0.05) is 19.6 Å². The lowest BCUT2D eigenvalue weighted by Gasteiger charge is -2.35. The molecule has 1 aliphatic heterocycles. The molecule has 0 spiro atoms. The van der Waals surface area contributed by atoms with Gasteiger partial charge in [-0.2, -0.15) is 0 Å². The number of morpholine rings is 1. The second kappa shape index (κ2) is 6.66. The van der Waals surface area contributed by atoms with E-state index < -0.39 is 0 Å². The summed E-state index contributed by atoms with van der Waals surface area (Å²) in [6.07, 6.45) is 2.96. The highest BCUT2D eigenvalue weighted by Gasteiger charge is 2.26. The van der Waals surface area contributed by atoms with Gasteiger partial charge in [-0.1, -0.05) is 13.0 Å². The Kier molecular flexibility index (Phi) is 5.49.